The predicted octanol–water partition coefficient (Wildman–Crippen LogP) is 7.22. The first kappa shape index (κ1) is 25.4. The molecule has 188 valence electrons. The quantitative estimate of drug-likeness (QED) is 0.248. The second-order valence-electron chi connectivity index (χ2n) is 9.46. The molecule has 3 heterocycles. The molecule has 7 heteroatoms. The van der Waals surface area contributed by atoms with E-state index in [-0.39, 0.29) is 16.7 Å². The molecular weight excluding hydrogens is 492 g/mol. The Morgan fingerprint density at radius 1 is 0.692 bits per heavy atom. The fraction of sp³-hybridized carbons (Fsp3) is 0.0938. The van der Waals surface area contributed by atoms with Gasteiger partial charge in [-0.1, -0.05) is 50.2 Å². The van der Waals surface area contributed by atoms with Crippen LogP contribution in [0.1, 0.15) is 36.1 Å². The summed E-state index contributed by atoms with van der Waals surface area (Å²) in [5.41, 5.74) is 3.37. The van der Waals surface area contributed by atoms with Crippen molar-refractivity contribution in [2.24, 2.45) is 0 Å². The van der Waals surface area contributed by atoms with Crippen LogP contribution in [0.2, 0.25) is 0 Å². The third-order valence-corrected chi connectivity index (χ3v) is 6.73. The number of aromatic nitrogens is 3. The summed E-state index contributed by atoms with van der Waals surface area (Å²) in [4.78, 5) is 13.6. The van der Waals surface area contributed by atoms with Gasteiger partial charge < -0.3 is 0 Å². The molecule has 0 aliphatic carbocycles. The molecule has 0 N–H and O–H groups in total. The molecule has 0 bridgehead atoms. The first-order valence-corrected chi connectivity index (χ1v) is 12.1. The molecule has 0 saturated carbocycles. The van der Waals surface area contributed by atoms with Gasteiger partial charge in [0.2, 0.25) is 0 Å². The van der Waals surface area contributed by atoms with Crippen LogP contribution in [-0.2, 0) is 5.41 Å². The maximum Gasteiger partial charge on any atom is 0.161 e. The van der Waals surface area contributed by atoms with E-state index in [1.807, 2.05) is 36.5 Å². The predicted molar refractivity (Wildman–Crippen MR) is 144 cm³/mol. The maximum atomic E-state index is 15.0. The zero-order valence-corrected chi connectivity index (χ0v) is 21.2. The Labute approximate surface area is 224 Å². The molecule has 0 fully saturated rings. The monoisotopic (exact) mass is 513 g/mol. The Balaban J connectivity index is 1.54. The third kappa shape index (κ3) is 4.74. The molecule has 5 rings (SSSR count). The van der Waals surface area contributed by atoms with Crippen LogP contribution in [0.25, 0.3) is 33.9 Å². The van der Waals surface area contributed by atoms with Gasteiger partial charge in [0, 0.05) is 28.9 Å². The minimum atomic E-state index is -1.18. The lowest BCUT2D eigenvalue weighted by molar-refractivity contribution is 0.576. The number of pyridine rings is 3. The number of nitrogens with zero attached hydrogens (tertiary/aromatic N) is 5. The normalized spacial score (nSPS) is 11.0. The van der Waals surface area contributed by atoms with E-state index in [0.717, 1.165) is 28.5 Å². The van der Waals surface area contributed by atoms with Gasteiger partial charge in [-0.25, -0.2) is 18.7 Å². The SMILES string of the molecule is CC(C)(c1cccnc1)c1cccc(-c2cccc(-c3cccc(-c4cc(C#N)c(F)c(C#N)c4F)n3)n2)c1. The molecule has 0 aliphatic rings. The van der Waals surface area contributed by atoms with Gasteiger partial charge in [0.25, 0.3) is 0 Å². The van der Waals surface area contributed by atoms with Crippen molar-refractivity contribution in [1.29, 1.82) is 10.5 Å². The first-order valence-electron chi connectivity index (χ1n) is 12.1. The molecule has 0 amide bonds. The Morgan fingerprint density at radius 2 is 1.33 bits per heavy atom. The molecule has 2 aromatic carbocycles. The first-order chi connectivity index (χ1) is 18.8. The van der Waals surface area contributed by atoms with Crippen molar-refractivity contribution >= 4 is 0 Å². The highest BCUT2D eigenvalue weighted by molar-refractivity contribution is 5.70. The van der Waals surface area contributed by atoms with E-state index in [0.29, 0.717) is 11.4 Å². The molecular formula is C32H21F2N5. The molecule has 39 heavy (non-hydrogen) atoms. The summed E-state index contributed by atoms with van der Waals surface area (Å²) < 4.78 is 29.2. The van der Waals surface area contributed by atoms with Crippen LogP contribution < -0.4 is 0 Å². The van der Waals surface area contributed by atoms with Crippen LogP contribution in [0.4, 0.5) is 8.78 Å². The third-order valence-electron chi connectivity index (χ3n) is 6.73. The molecule has 0 aliphatic heterocycles. The van der Waals surface area contributed by atoms with Crippen LogP contribution in [0, 0.1) is 34.3 Å². The molecule has 5 aromatic rings. The van der Waals surface area contributed by atoms with E-state index < -0.39 is 22.8 Å². The summed E-state index contributed by atoms with van der Waals surface area (Å²) in [6.07, 6.45) is 3.62. The van der Waals surface area contributed by atoms with Gasteiger partial charge in [0.05, 0.1) is 28.3 Å². The zero-order valence-electron chi connectivity index (χ0n) is 21.2. The van der Waals surface area contributed by atoms with Gasteiger partial charge in [0.1, 0.15) is 17.7 Å². The molecule has 5 nitrogen and oxygen atoms in total. The summed E-state index contributed by atoms with van der Waals surface area (Å²) in [7, 11) is 0. The smallest absolute Gasteiger partial charge is 0.161 e. The molecule has 0 radical (unpaired) electrons. The minimum absolute atomic E-state index is 0.132. The van der Waals surface area contributed by atoms with Crippen LogP contribution in [0.5, 0.6) is 0 Å². The highest BCUT2D eigenvalue weighted by Crippen LogP contribution is 2.34. The summed E-state index contributed by atoms with van der Waals surface area (Å²) in [5.74, 6) is -2.24. The average molecular weight is 514 g/mol. The lowest BCUT2D eigenvalue weighted by atomic mass is 9.78. The molecule has 0 spiro atoms. The van der Waals surface area contributed by atoms with Gasteiger partial charge in [-0.15, -0.1) is 0 Å². The van der Waals surface area contributed by atoms with E-state index in [2.05, 4.69) is 42.0 Å². The molecule has 0 atom stereocenters. The van der Waals surface area contributed by atoms with Crippen molar-refractivity contribution in [2.75, 3.05) is 0 Å². The van der Waals surface area contributed by atoms with Gasteiger partial charge in [-0.3, -0.25) is 4.98 Å². The van der Waals surface area contributed by atoms with E-state index in [1.165, 1.54) is 12.1 Å². The number of nitriles is 2. The standard InChI is InChI=1S/C32H21F2N5/c1-32(2,23-9-6-14-37-19-23)22-8-3-7-20(15-22)26-10-4-12-28(38-26)29-13-5-11-27(39-29)24-16-21(17-35)30(33)25(18-36)31(24)34/h3-16,19H,1-2H3. The zero-order chi connectivity index (χ0) is 27.6. The Bertz CT molecular complexity index is 1780. The van der Waals surface area contributed by atoms with Crippen molar-refractivity contribution in [3.05, 3.63) is 125 Å². The summed E-state index contributed by atoms with van der Waals surface area (Å²) in [5, 5.41) is 18.5. The Morgan fingerprint density at radius 3 is 2.00 bits per heavy atom. The number of rotatable bonds is 5. The average Bonchev–Trinajstić information content (AvgIpc) is 2.98. The van der Waals surface area contributed by atoms with Crippen LogP contribution in [0.3, 0.4) is 0 Å². The minimum Gasteiger partial charge on any atom is -0.264 e. The van der Waals surface area contributed by atoms with E-state index in [1.54, 1.807) is 30.5 Å². The van der Waals surface area contributed by atoms with Gasteiger partial charge >= 0.3 is 0 Å². The topological polar surface area (TPSA) is 86.2 Å². The van der Waals surface area contributed by atoms with Crippen LogP contribution in [0.15, 0.2) is 91.3 Å². The maximum absolute atomic E-state index is 15.0. The number of benzene rings is 2. The van der Waals surface area contributed by atoms with Gasteiger partial charge in [-0.2, -0.15) is 10.5 Å². The summed E-state index contributed by atoms with van der Waals surface area (Å²) in [6.45, 7) is 4.29. The highest BCUT2D eigenvalue weighted by Gasteiger charge is 2.24. The fourth-order valence-corrected chi connectivity index (χ4v) is 4.43. The molecule has 0 saturated heterocycles. The van der Waals surface area contributed by atoms with E-state index >= 15 is 0 Å². The van der Waals surface area contributed by atoms with Gasteiger partial charge in [0.15, 0.2) is 11.6 Å². The van der Waals surface area contributed by atoms with Crippen molar-refractivity contribution in [3.63, 3.8) is 0 Å². The Kier molecular flexibility index (Phi) is 6.66. The fourth-order valence-electron chi connectivity index (χ4n) is 4.43. The lowest BCUT2D eigenvalue weighted by Gasteiger charge is -2.26. The molecule has 0 unspecified atom stereocenters. The molecule has 3 aromatic heterocycles. The van der Waals surface area contributed by atoms with Crippen molar-refractivity contribution in [3.8, 4) is 46.0 Å². The van der Waals surface area contributed by atoms with E-state index in [9.17, 15) is 19.3 Å². The van der Waals surface area contributed by atoms with Crippen LogP contribution >= 0.6 is 0 Å². The van der Waals surface area contributed by atoms with Gasteiger partial charge in [-0.05, 0) is 53.6 Å². The highest BCUT2D eigenvalue weighted by atomic mass is 19.1. The van der Waals surface area contributed by atoms with Crippen molar-refractivity contribution < 1.29 is 8.78 Å². The van der Waals surface area contributed by atoms with Crippen molar-refractivity contribution in [2.45, 2.75) is 19.3 Å². The summed E-state index contributed by atoms with van der Waals surface area (Å²) >= 11 is 0. The largest absolute Gasteiger partial charge is 0.264 e. The number of hydrogen-bond donors (Lipinski definition) is 0. The second kappa shape index (κ2) is 10.2. The number of halogens is 2. The Hall–Kier alpha value is -5.27. The lowest BCUT2D eigenvalue weighted by Crippen LogP contribution is -2.19. The summed E-state index contributed by atoms with van der Waals surface area (Å²) in [6, 6.07) is 26.9. The second-order valence-corrected chi connectivity index (χ2v) is 9.46. The van der Waals surface area contributed by atoms with Crippen molar-refractivity contribution in [1.82, 2.24) is 15.0 Å². The number of hydrogen-bond acceptors (Lipinski definition) is 5. The van der Waals surface area contributed by atoms with Crippen LogP contribution in [-0.4, -0.2) is 15.0 Å². The van der Waals surface area contributed by atoms with E-state index in [4.69, 9.17) is 4.98 Å².